The van der Waals surface area contributed by atoms with Crippen molar-refractivity contribution < 1.29 is 14.1 Å². The zero-order chi connectivity index (χ0) is 14.7. The van der Waals surface area contributed by atoms with E-state index in [9.17, 15) is 19.3 Å². The molecule has 1 atom stereocenters. The summed E-state index contributed by atoms with van der Waals surface area (Å²) >= 11 is 5.49. The number of nitro benzene ring substituents is 1. The molecule has 0 saturated heterocycles. The lowest BCUT2D eigenvalue weighted by Gasteiger charge is -2.20. The van der Waals surface area contributed by atoms with Crippen LogP contribution in [0.3, 0.4) is 0 Å². The van der Waals surface area contributed by atoms with Gasteiger partial charge in [-0.25, -0.2) is 4.39 Å². The van der Waals surface area contributed by atoms with E-state index in [2.05, 4.69) is 5.32 Å². The second kappa shape index (κ2) is 5.83. The number of benzene rings is 1. The molecule has 0 aliphatic rings. The van der Waals surface area contributed by atoms with Crippen molar-refractivity contribution >= 4 is 28.9 Å². The van der Waals surface area contributed by atoms with Gasteiger partial charge in [0.2, 0.25) is 5.91 Å². The number of nitrogens with one attached hydrogen (secondary N) is 1. The second-order valence-electron chi connectivity index (χ2n) is 4.31. The van der Waals surface area contributed by atoms with Crippen molar-refractivity contribution in [2.24, 2.45) is 11.7 Å². The van der Waals surface area contributed by atoms with Crippen molar-refractivity contribution in [1.82, 2.24) is 0 Å². The van der Waals surface area contributed by atoms with Gasteiger partial charge in [-0.15, -0.1) is 0 Å². The van der Waals surface area contributed by atoms with Crippen LogP contribution in [0.1, 0.15) is 13.8 Å². The van der Waals surface area contributed by atoms with E-state index >= 15 is 0 Å². The van der Waals surface area contributed by atoms with Gasteiger partial charge >= 0.3 is 0 Å². The van der Waals surface area contributed by atoms with Gasteiger partial charge in [-0.1, -0.05) is 25.4 Å². The van der Waals surface area contributed by atoms with Crippen LogP contribution in [0.5, 0.6) is 0 Å². The molecule has 1 unspecified atom stereocenters. The Morgan fingerprint density at radius 1 is 1.53 bits per heavy atom. The largest absolute Gasteiger partial charge is 0.368 e. The Labute approximate surface area is 113 Å². The lowest BCUT2D eigenvalue weighted by Crippen LogP contribution is -2.39. The van der Waals surface area contributed by atoms with E-state index in [-0.39, 0.29) is 16.6 Å². The molecule has 1 rings (SSSR count). The highest BCUT2D eigenvalue weighted by Crippen LogP contribution is 2.31. The number of nitrogens with zero attached hydrogens (tertiary/aromatic N) is 1. The minimum absolute atomic E-state index is 0.135. The van der Waals surface area contributed by atoms with Crippen LogP contribution in [0.2, 0.25) is 5.02 Å². The summed E-state index contributed by atoms with van der Waals surface area (Å²) in [4.78, 5) is 21.4. The van der Waals surface area contributed by atoms with Gasteiger partial charge in [-0.05, 0) is 5.92 Å². The molecule has 1 aromatic carbocycles. The molecular weight excluding hydrogens is 277 g/mol. The molecule has 0 aromatic heterocycles. The summed E-state index contributed by atoms with van der Waals surface area (Å²) in [5.74, 6) is -1.71. The number of anilines is 1. The highest BCUT2D eigenvalue weighted by Gasteiger charge is 2.24. The van der Waals surface area contributed by atoms with Crippen molar-refractivity contribution in [3.05, 3.63) is 33.1 Å². The molecule has 8 heteroatoms. The Hall–Kier alpha value is -1.89. The fraction of sp³-hybridized carbons (Fsp3) is 0.364. The average Bonchev–Trinajstić information content (AvgIpc) is 2.28. The number of halogens is 2. The fourth-order valence-corrected chi connectivity index (χ4v) is 1.69. The molecule has 0 saturated carbocycles. The molecule has 0 bridgehead atoms. The molecule has 0 aliphatic carbocycles. The van der Waals surface area contributed by atoms with Crippen LogP contribution in [0, 0.1) is 21.8 Å². The third-order valence-electron chi connectivity index (χ3n) is 2.52. The Morgan fingerprint density at radius 3 is 2.53 bits per heavy atom. The molecule has 1 aromatic rings. The number of rotatable bonds is 5. The number of hydrogen-bond donors (Lipinski definition) is 2. The molecule has 0 spiro atoms. The summed E-state index contributed by atoms with van der Waals surface area (Å²) < 4.78 is 13.4. The average molecular weight is 290 g/mol. The number of nitro groups is 1. The smallest absolute Gasteiger partial charge is 0.294 e. The summed E-state index contributed by atoms with van der Waals surface area (Å²) in [5, 5.41) is 13.1. The summed E-state index contributed by atoms with van der Waals surface area (Å²) in [6, 6.07) is 0.912. The Morgan fingerprint density at radius 2 is 2.11 bits per heavy atom. The predicted molar refractivity (Wildman–Crippen MR) is 69.5 cm³/mol. The SMILES string of the molecule is CC(C)C(Nc1cc(F)c(Cl)cc1[N+](=O)[O-])C(N)=O. The maximum Gasteiger partial charge on any atom is 0.294 e. The van der Waals surface area contributed by atoms with Gasteiger partial charge in [0.1, 0.15) is 17.5 Å². The molecule has 1 amide bonds. The summed E-state index contributed by atoms with van der Waals surface area (Å²) in [6.07, 6.45) is 0. The molecule has 0 fully saturated rings. The van der Waals surface area contributed by atoms with Crippen LogP contribution in [-0.4, -0.2) is 16.9 Å². The monoisotopic (exact) mass is 289 g/mol. The first-order chi connectivity index (χ1) is 8.73. The Bertz CT molecular complexity index is 522. The quantitative estimate of drug-likeness (QED) is 0.642. The van der Waals surface area contributed by atoms with Crippen LogP contribution in [-0.2, 0) is 4.79 Å². The van der Waals surface area contributed by atoms with Crippen molar-refractivity contribution in [3.8, 4) is 0 Å². The number of primary amides is 1. The zero-order valence-electron chi connectivity index (χ0n) is 10.3. The van der Waals surface area contributed by atoms with E-state index in [1.54, 1.807) is 13.8 Å². The van der Waals surface area contributed by atoms with Crippen molar-refractivity contribution in [3.63, 3.8) is 0 Å². The topological polar surface area (TPSA) is 98.3 Å². The van der Waals surface area contributed by atoms with E-state index < -0.39 is 28.4 Å². The maximum absolute atomic E-state index is 13.4. The lowest BCUT2D eigenvalue weighted by atomic mass is 10.0. The number of carbonyl (C=O) groups excluding carboxylic acids is 1. The van der Waals surface area contributed by atoms with Gasteiger partial charge in [0.15, 0.2) is 0 Å². The third-order valence-corrected chi connectivity index (χ3v) is 2.81. The molecule has 3 N–H and O–H groups in total. The zero-order valence-corrected chi connectivity index (χ0v) is 11.1. The first-order valence-corrected chi connectivity index (χ1v) is 5.81. The van der Waals surface area contributed by atoms with Gasteiger partial charge in [-0.3, -0.25) is 14.9 Å². The third kappa shape index (κ3) is 3.54. The second-order valence-corrected chi connectivity index (χ2v) is 4.72. The standard InChI is InChI=1S/C11H13ClFN3O3/c1-5(2)10(11(14)17)15-8-4-7(13)6(12)3-9(8)16(18)19/h3-5,10,15H,1-2H3,(H2,14,17). The molecule has 0 heterocycles. The predicted octanol–water partition coefficient (Wildman–Crippen LogP) is 2.31. The van der Waals surface area contributed by atoms with Crippen LogP contribution in [0.15, 0.2) is 12.1 Å². The first-order valence-electron chi connectivity index (χ1n) is 5.43. The molecular formula is C11H13ClFN3O3. The van der Waals surface area contributed by atoms with Gasteiger partial charge < -0.3 is 11.1 Å². The minimum atomic E-state index is -0.848. The first kappa shape index (κ1) is 15.2. The number of carbonyl (C=O) groups is 1. The number of amides is 1. The summed E-state index contributed by atoms with van der Waals surface area (Å²) in [6.45, 7) is 3.42. The number of hydrogen-bond acceptors (Lipinski definition) is 4. The summed E-state index contributed by atoms with van der Waals surface area (Å²) in [7, 11) is 0. The molecule has 19 heavy (non-hydrogen) atoms. The van der Waals surface area contributed by atoms with Crippen molar-refractivity contribution in [2.75, 3.05) is 5.32 Å². The van der Waals surface area contributed by atoms with Crippen LogP contribution < -0.4 is 11.1 Å². The molecule has 0 aliphatic heterocycles. The minimum Gasteiger partial charge on any atom is -0.368 e. The van der Waals surface area contributed by atoms with E-state index in [0.717, 1.165) is 12.1 Å². The van der Waals surface area contributed by atoms with E-state index in [4.69, 9.17) is 17.3 Å². The highest BCUT2D eigenvalue weighted by molar-refractivity contribution is 6.31. The van der Waals surface area contributed by atoms with Crippen LogP contribution in [0.4, 0.5) is 15.8 Å². The molecule has 0 radical (unpaired) electrons. The van der Waals surface area contributed by atoms with E-state index in [1.165, 1.54) is 0 Å². The maximum atomic E-state index is 13.4. The van der Waals surface area contributed by atoms with Gasteiger partial charge in [-0.2, -0.15) is 0 Å². The Balaban J connectivity index is 3.22. The number of nitrogens with two attached hydrogens (primary N) is 1. The van der Waals surface area contributed by atoms with Crippen LogP contribution >= 0.6 is 11.6 Å². The summed E-state index contributed by atoms with van der Waals surface area (Å²) in [5.41, 5.74) is 4.64. The Kier molecular flexibility index (Phi) is 4.66. The van der Waals surface area contributed by atoms with Crippen molar-refractivity contribution in [2.45, 2.75) is 19.9 Å². The van der Waals surface area contributed by atoms with Crippen molar-refractivity contribution in [1.29, 1.82) is 0 Å². The van der Waals surface area contributed by atoms with Gasteiger partial charge in [0, 0.05) is 12.1 Å². The molecule has 104 valence electrons. The van der Waals surface area contributed by atoms with E-state index in [0.29, 0.717) is 0 Å². The lowest BCUT2D eigenvalue weighted by molar-refractivity contribution is -0.384. The normalized spacial score (nSPS) is 12.3. The fourth-order valence-electron chi connectivity index (χ4n) is 1.54. The van der Waals surface area contributed by atoms with E-state index in [1.807, 2.05) is 0 Å². The molecule has 6 nitrogen and oxygen atoms in total. The van der Waals surface area contributed by atoms with Gasteiger partial charge in [0.25, 0.3) is 5.69 Å². The highest BCUT2D eigenvalue weighted by atomic mass is 35.5. The van der Waals surface area contributed by atoms with Gasteiger partial charge in [0.05, 0.1) is 9.95 Å². The van der Waals surface area contributed by atoms with Crippen LogP contribution in [0.25, 0.3) is 0 Å².